The van der Waals surface area contributed by atoms with Crippen molar-refractivity contribution in [1.82, 2.24) is 10.2 Å². The van der Waals surface area contributed by atoms with Crippen molar-refractivity contribution in [3.63, 3.8) is 0 Å². The Labute approximate surface area is 120 Å². The molecule has 0 spiro atoms. The molecular weight excluding hydrogens is 268 g/mol. The summed E-state index contributed by atoms with van der Waals surface area (Å²) >= 11 is 0. The van der Waals surface area contributed by atoms with Crippen LogP contribution in [0.15, 0.2) is 48.7 Å². The van der Waals surface area contributed by atoms with E-state index in [9.17, 15) is 4.79 Å². The molecule has 104 valence electrons. The number of carboxylic acid groups (broad SMARTS) is 1. The third kappa shape index (κ3) is 2.41. The molecule has 3 rings (SSSR count). The second-order valence-corrected chi connectivity index (χ2v) is 4.56. The average molecular weight is 280 g/mol. The van der Waals surface area contributed by atoms with Gasteiger partial charge < -0.3 is 9.84 Å². The van der Waals surface area contributed by atoms with Gasteiger partial charge in [-0.1, -0.05) is 18.2 Å². The summed E-state index contributed by atoms with van der Waals surface area (Å²) in [5, 5.41) is 17.9. The first-order chi connectivity index (χ1) is 10.2. The highest BCUT2D eigenvalue weighted by molar-refractivity contribution is 5.90. The summed E-state index contributed by atoms with van der Waals surface area (Å²) in [6.07, 6.45) is 1.52. The molecule has 21 heavy (non-hydrogen) atoms. The van der Waals surface area contributed by atoms with Crippen LogP contribution in [0.1, 0.15) is 15.9 Å². The number of hydrogen-bond donors (Lipinski definition) is 1. The molecule has 0 saturated carbocycles. The Morgan fingerprint density at radius 2 is 1.90 bits per heavy atom. The lowest BCUT2D eigenvalue weighted by Crippen LogP contribution is -2.01. The molecule has 3 aromatic rings. The van der Waals surface area contributed by atoms with E-state index in [2.05, 4.69) is 10.2 Å². The first-order valence-corrected chi connectivity index (χ1v) is 6.38. The van der Waals surface area contributed by atoms with E-state index in [0.717, 1.165) is 10.9 Å². The Hall–Kier alpha value is -2.95. The van der Waals surface area contributed by atoms with Crippen molar-refractivity contribution in [2.24, 2.45) is 0 Å². The number of ether oxygens (including phenoxy) is 1. The third-order valence-corrected chi connectivity index (χ3v) is 3.24. The second-order valence-electron chi connectivity index (χ2n) is 4.56. The number of nitrogens with zero attached hydrogens (tertiary/aromatic N) is 2. The summed E-state index contributed by atoms with van der Waals surface area (Å²) in [6.45, 7) is 1.72. The van der Waals surface area contributed by atoms with Crippen molar-refractivity contribution in [2.45, 2.75) is 6.92 Å². The van der Waals surface area contributed by atoms with Crippen LogP contribution >= 0.6 is 0 Å². The van der Waals surface area contributed by atoms with Gasteiger partial charge in [-0.25, -0.2) is 4.79 Å². The lowest BCUT2D eigenvalue weighted by atomic mass is 10.1. The molecule has 0 bridgehead atoms. The van der Waals surface area contributed by atoms with Crippen LogP contribution < -0.4 is 4.74 Å². The number of aromatic carboxylic acids is 1. The zero-order valence-corrected chi connectivity index (χ0v) is 11.3. The van der Waals surface area contributed by atoms with E-state index in [0.29, 0.717) is 17.1 Å². The van der Waals surface area contributed by atoms with Crippen molar-refractivity contribution < 1.29 is 14.6 Å². The van der Waals surface area contributed by atoms with Crippen LogP contribution in [0.5, 0.6) is 11.5 Å². The van der Waals surface area contributed by atoms with Gasteiger partial charge in [0.15, 0.2) is 5.75 Å². The van der Waals surface area contributed by atoms with Crippen LogP contribution in [0.2, 0.25) is 0 Å². The van der Waals surface area contributed by atoms with E-state index in [1.54, 1.807) is 25.1 Å². The maximum atomic E-state index is 11.2. The molecule has 0 fully saturated rings. The van der Waals surface area contributed by atoms with E-state index >= 15 is 0 Å². The highest BCUT2D eigenvalue weighted by Gasteiger charge is 2.12. The van der Waals surface area contributed by atoms with E-state index in [1.165, 1.54) is 6.20 Å². The molecule has 1 N–H and O–H groups in total. The molecule has 0 aliphatic carbocycles. The quantitative estimate of drug-likeness (QED) is 0.795. The standard InChI is InChI=1S/C16H12N2O3/c1-10-11(16(19)20)6-4-8-14(10)21-15-9-17-18-13-7-3-2-5-12(13)15/h2-9H,1H3,(H,19,20). The Bertz CT molecular complexity index is 825. The molecular formula is C16H12N2O3. The van der Waals surface area contributed by atoms with E-state index in [4.69, 9.17) is 9.84 Å². The van der Waals surface area contributed by atoms with Crippen LogP contribution in [0.25, 0.3) is 10.9 Å². The first kappa shape index (κ1) is 13.1. The summed E-state index contributed by atoms with van der Waals surface area (Å²) in [5.74, 6) is 0.0648. The van der Waals surface area contributed by atoms with Gasteiger partial charge in [-0.3, -0.25) is 0 Å². The van der Waals surface area contributed by atoms with Crippen LogP contribution in [-0.2, 0) is 0 Å². The summed E-state index contributed by atoms with van der Waals surface area (Å²) in [5.41, 5.74) is 1.52. The van der Waals surface area contributed by atoms with E-state index in [1.807, 2.05) is 24.3 Å². The van der Waals surface area contributed by atoms with Gasteiger partial charge in [-0.2, -0.15) is 10.2 Å². The molecule has 0 amide bonds. The van der Waals surface area contributed by atoms with Gasteiger partial charge >= 0.3 is 5.97 Å². The van der Waals surface area contributed by atoms with Gasteiger partial charge in [-0.05, 0) is 31.2 Å². The zero-order valence-electron chi connectivity index (χ0n) is 11.3. The summed E-state index contributed by atoms with van der Waals surface area (Å²) in [6, 6.07) is 12.4. The summed E-state index contributed by atoms with van der Waals surface area (Å²) in [7, 11) is 0. The summed E-state index contributed by atoms with van der Waals surface area (Å²) < 4.78 is 5.85. The fraction of sp³-hybridized carbons (Fsp3) is 0.0625. The van der Waals surface area contributed by atoms with Crippen molar-refractivity contribution in [3.8, 4) is 11.5 Å². The monoisotopic (exact) mass is 280 g/mol. The lowest BCUT2D eigenvalue weighted by molar-refractivity contribution is 0.0695. The highest BCUT2D eigenvalue weighted by atomic mass is 16.5. The van der Waals surface area contributed by atoms with Gasteiger partial charge in [0.2, 0.25) is 0 Å². The van der Waals surface area contributed by atoms with E-state index < -0.39 is 5.97 Å². The number of aromatic nitrogens is 2. The zero-order chi connectivity index (χ0) is 14.8. The van der Waals surface area contributed by atoms with Crippen molar-refractivity contribution in [3.05, 3.63) is 59.8 Å². The van der Waals surface area contributed by atoms with Crippen molar-refractivity contribution in [1.29, 1.82) is 0 Å². The molecule has 0 unspecified atom stereocenters. The Balaban J connectivity index is 2.07. The van der Waals surface area contributed by atoms with Gasteiger partial charge in [-0.15, -0.1) is 0 Å². The summed E-state index contributed by atoms with van der Waals surface area (Å²) in [4.78, 5) is 11.2. The minimum absolute atomic E-state index is 0.221. The maximum Gasteiger partial charge on any atom is 0.336 e. The third-order valence-electron chi connectivity index (χ3n) is 3.24. The topological polar surface area (TPSA) is 72.3 Å². The minimum Gasteiger partial charge on any atom is -0.478 e. The fourth-order valence-corrected chi connectivity index (χ4v) is 2.14. The lowest BCUT2D eigenvalue weighted by Gasteiger charge is -2.11. The molecule has 0 aliphatic heterocycles. The van der Waals surface area contributed by atoms with Crippen LogP contribution in [0.3, 0.4) is 0 Å². The fourth-order valence-electron chi connectivity index (χ4n) is 2.14. The van der Waals surface area contributed by atoms with E-state index in [-0.39, 0.29) is 5.56 Å². The largest absolute Gasteiger partial charge is 0.478 e. The SMILES string of the molecule is Cc1c(Oc2cnnc3ccccc23)cccc1C(=O)O. The predicted octanol–water partition coefficient (Wildman–Crippen LogP) is 3.43. The molecule has 0 atom stereocenters. The maximum absolute atomic E-state index is 11.2. The van der Waals surface area contributed by atoms with Crippen LogP contribution in [0, 0.1) is 6.92 Å². The molecule has 5 nitrogen and oxygen atoms in total. The van der Waals surface area contributed by atoms with Crippen molar-refractivity contribution >= 4 is 16.9 Å². The number of hydrogen-bond acceptors (Lipinski definition) is 4. The highest BCUT2D eigenvalue weighted by Crippen LogP contribution is 2.30. The average Bonchev–Trinajstić information content (AvgIpc) is 2.49. The molecule has 5 heteroatoms. The van der Waals surface area contributed by atoms with Gasteiger partial charge in [0.05, 0.1) is 17.3 Å². The number of fused-ring (bicyclic) bond motifs is 1. The molecule has 0 saturated heterocycles. The first-order valence-electron chi connectivity index (χ1n) is 6.38. The number of rotatable bonds is 3. The molecule has 2 aromatic carbocycles. The normalized spacial score (nSPS) is 10.5. The minimum atomic E-state index is -0.976. The molecule has 0 aliphatic rings. The van der Waals surface area contributed by atoms with Crippen molar-refractivity contribution in [2.75, 3.05) is 0 Å². The van der Waals surface area contributed by atoms with Crippen LogP contribution in [-0.4, -0.2) is 21.3 Å². The molecule has 1 aromatic heterocycles. The molecule has 0 radical (unpaired) electrons. The predicted molar refractivity (Wildman–Crippen MR) is 77.8 cm³/mol. The Kier molecular flexibility index (Phi) is 3.23. The van der Waals surface area contributed by atoms with Gasteiger partial charge in [0.1, 0.15) is 5.75 Å². The van der Waals surface area contributed by atoms with Gasteiger partial charge in [0.25, 0.3) is 0 Å². The smallest absolute Gasteiger partial charge is 0.336 e. The Morgan fingerprint density at radius 3 is 2.71 bits per heavy atom. The molecule has 1 heterocycles. The Morgan fingerprint density at radius 1 is 1.10 bits per heavy atom. The number of carboxylic acids is 1. The van der Waals surface area contributed by atoms with Crippen LogP contribution in [0.4, 0.5) is 0 Å². The van der Waals surface area contributed by atoms with Gasteiger partial charge in [0, 0.05) is 10.9 Å². The second kappa shape index (κ2) is 5.20. The number of carbonyl (C=O) groups is 1. The number of benzene rings is 2.